The van der Waals surface area contributed by atoms with E-state index in [1.165, 1.54) is 6.07 Å². The summed E-state index contributed by atoms with van der Waals surface area (Å²) in [6.45, 7) is 2.32. The molecule has 1 unspecified atom stereocenters. The number of rotatable bonds is 5. The molecule has 0 aromatic heterocycles. The van der Waals surface area contributed by atoms with Crippen LogP contribution in [0.4, 0.5) is 11.4 Å². The van der Waals surface area contributed by atoms with Crippen LogP contribution in [-0.2, 0) is 4.74 Å². The van der Waals surface area contributed by atoms with E-state index in [1.54, 1.807) is 19.2 Å². The molecule has 0 heterocycles. The number of nitro groups is 1. The monoisotopic (exact) mass is 244 g/mol. The van der Waals surface area contributed by atoms with E-state index in [9.17, 15) is 10.1 Å². The number of anilines is 1. The van der Waals surface area contributed by atoms with Crippen LogP contribution in [0.1, 0.15) is 6.92 Å². The average molecular weight is 245 g/mol. The molecule has 16 heavy (non-hydrogen) atoms. The smallest absolute Gasteiger partial charge is 0.293 e. The average Bonchev–Trinajstić information content (AvgIpc) is 2.26. The summed E-state index contributed by atoms with van der Waals surface area (Å²) >= 11 is 5.89. The molecule has 0 bridgehead atoms. The van der Waals surface area contributed by atoms with Gasteiger partial charge in [-0.3, -0.25) is 10.1 Å². The normalized spacial score (nSPS) is 12.2. The lowest BCUT2D eigenvalue weighted by atomic mass is 10.2. The molecule has 0 fully saturated rings. The second-order valence-electron chi connectivity index (χ2n) is 3.32. The summed E-state index contributed by atoms with van der Waals surface area (Å²) < 4.78 is 5.04. The molecule has 0 saturated carbocycles. The molecule has 6 heteroatoms. The van der Waals surface area contributed by atoms with Gasteiger partial charge < -0.3 is 10.1 Å². The summed E-state index contributed by atoms with van der Waals surface area (Å²) in [5.41, 5.74) is 0.300. The Hall–Kier alpha value is -1.33. The van der Waals surface area contributed by atoms with Gasteiger partial charge in [0.2, 0.25) is 0 Å². The fraction of sp³-hybridized carbons (Fsp3) is 0.400. The molecule has 0 radical (unpaired) electrons. The quantitative estimate of drug-likeness (QED) is 0.639. The van der Waals surface area contributed by atoms with E-state index in [-0.39, 0.29) is 11.8 Å². The van der Waals surface area contributed by atoms with Gasteiger partial charge in [0.25, 0.3) is 5.69 Å². The lowest BCUT2D eigenvalue weighted by molar-refractivity contribution is -0.383. The number of ether oxygens (including phenoxy) is 1. The lowest BCUT2D eigenvalue weighted by Gasteiger charge is -2.12. The predicted octanol–water partition coefficient (Wildman–Crippen LogP) is 2.70. The summed E-state index contributed by atoms with van der Waals surface area (Å²) in [4.78, 5) is 10.3. The van der Waals surface area contributed by atoms with E-state index in [0.717, 1.165) is 0 Å². The van der Waals surface area contributed by atoms with Gasteiger partial charge in [0.1, 0.15) is 5.69 Å². The lowest BCUT2D eigenvalue weighted by Crippen LogP contribution is -2.18. The maximum Gasteiger partial charge on any atom is 0.293 e. The van der Waals surface area contributed by atoms with E-state index in [1.807, 2.05) is 6.92 Å². The van der Waals surface area contributed by atoms with Gasteiger partial charge in [-0.05, 0) is 13.0 Å². The fourth-order valence-corrected chi connectivity index (χ4v) is 1.41. The molecular weight excluding hydrogens is 232 g/mol. The van der Waals surface area contributed by atoms with Gasteiger partial charge >= 0.3 is 0 Å². The van der Waals surface area contributed by atoms with Crippen molar-refractivity contribution in [2.24, 2.45) is 0 Å². The van der Waals surface area contributed by atoms with Gasteiger partial charge in [-0.25, -0.2) is 0 Å². The van der Waals surface area contributed by atoms with Gasteiger partial charge in [0.15, 0.2) is 0 Å². The Morgan fingerprint density at radius 1 is 1.62 bits per heavy atom. The van der Waals surface area contributed by atoms with Crippen molar-refractivity contribution in [1.29, 1.82) is 0 Å². The zero-order valence-electron chi connectivity index (χ0n) is 9.07. The van der Waals surface area contributed by atoms with Crippen LogP contribution >= 0.6 is 11.6 Å². The maximum atomic E-state index is 10.8. The molecule has 1 rings (SSSR count). The highest BCUT2D eigenvalue weighted by molar-refractivity contribution is 6.33. The van der Waals surface area contributed by atoms with Gasteiger partial charge in [-0.2, -0.15) is 0 Å². The molecule has 0 aliphatic rings. The van der Waals surface area contributed by atoms with Crippen molar-refractivity contribution in [2.75, 3.05) is 19.0 Å². The Bertz CT molecular complexity index is 384. The van der Waals surface area contributed by atoms with Crippen LogP contribution in [0, 0.1) is 10.1 Å². The molecule has 0 saturated heterocycles. The van der Waals surface area contributed by atoms with Gasteiger partial charge in [0.05, 0.1) is 16.0 Å². The third-order valence-corrected chi connectivity index (χ3v) is 2.47. The Labute approximate surface area is 98.5 Å². The molecule has 1 aromatic rings. The molecule has 88 valence electrons. The van der Waals surface area contributed by atoms with E-state index in [4.69, 9.17) is 16.3 Å². The first-order chi connectivity index (χ1) is 7.56. The molecular formula is C10H13ClN2O3. The minimum Gasteiger partial charge on any atom is -0.380 e. The largest absolute Gasteiger partial charge is 0.380 e. The fourth-order valence-electron chi connectivity index (χ4n) is 1.17. The Kier molecular flexibility index (Phi) is 4.52. The second kappa shape index (κ2) is 5.67. The van der Waals surface area contributed by atoms with E-state index in [2.05, 4.69) is 5.32 Å². The molecule has 1 atom stereocenters. The molecule has 1 N–H and O–H groups in total. The van der Waals surface area contributed by atoms with Crippen LogP contribution in [0.15, 0.2) is 18.2 Å². The van der Waals surface area contributed by atoms with Crippen LogP contribution < -0.4 is 5.32 Å². The van der Waals surface area contributed by atoms with Crippen LogP contribution in [0.3, 0.4) is 0 Å². The number of hydrogen-bond acceptors (Lipinski definition) is 4. The number of methoxy groups -OCH3 is 1. The maximum absolute atomic E-state index is 10.8. The number of nitro benzene ring substituents is 1. The van der Waals surface area contributed by atoms with Crippen LogP contribution in [0.5, 0.6) is 0 Å². The molecule has 0 aliphatic heterocycles. The van der Waals surface area contributed by atoms with E-state index in [0.29, 0.717) is 17.3 Å². The summed E-state index contributed by atoms with van der Waals surface area (Å²) in [6, 6.07) is 4.56. The Morgan fingerprint density at radius 2 is 2.31 bits per heavy atom. The number of hydrogen-bond donors (Lipinski definition) is 1. The predicted molar refractivity (Wildman–Crippen MR) is 63.1 cm³/mol. The van der Waals surface area contributed by atoms with Gasteiger partial charge in [-0.15, -0.1) is 0 Å². The first kappa shape index (κ1) is 12.7. The SMILES string of the molecule is COC(C)CNc1c(Cl)cccc1[N+](=O)[O-]. The summed E-state index contributed by atoms with van der Waals surface area (Å²) in [5, 5.41) is 14.0. The van der Waals surface area contributed by atoms with Crippen LogP contribution in [0.25, 0.3) is 0 Å². The zero-order valence-corrected chi connectivity index (χ0v) is 9.82. The van der Waals surface area contributed by atoms with Crippen molar-refractivity contribution < 1.29 is 9.66 Å². The van der Waals surface area contributed by atoms with Crippen LogP contribution in [-0.4, -0.2) is 24.7 Å². The third kappa shape index (κ3) is 3.08. The molecule has 0 spiro atoms. The number of halogens is 1. The van der Waals surface area contributed by atoms with Crippen molar-refractivity contribution >= 4 is 23.0 Å². The number of benzene rings is 1. The van der Waals surface area contributed by atoms with Crippen molar-refractivity contribution in [3.8, 4) is 0 Å². The zero-order chi connectivity index (χ0) is 12.1. The minimum absolute atomic E-state index is 0.0317. The Morgan fingerprint density at radius 3 is 2.88 bits per heavy atom. The minimum atomic E-state index is -0.467. The topological polar surface area (TPSA) is 64.4 Å². The first-order valence-electron chi connectivity index (χ1n) is 4.75. The van der Waals surface area contributed by atoms with E-state index >= 15 is 0 Å². The highest BCUT2D eigenvalue weighted by atomic mass is 35.5. The standard InChI is InChI=1S/C10H13ClN2O3/c1-7(16-2)6-12-10-8(11)4-3-5-9(10)13(14)15/h3-5,7,12H,6H2,1-2H3. The summed E-state index contributed by atoms with van der Waals surface area (Å²) in [5.74, 6) is 0. The second-order valence-corrected chi connectivity index (χ2v) is 3.73. The number of nitrogens with one attached hydrogen (secondary N) is 1. The molecule has 1 aromatic carbocycles. The molecule has 0 amide bonds. The van der Waals surface area contributed by atoms with E-state index < -0.39 is 4.92 Å². The van der Waals surface area contributed by atoms with Gasteiger partial charge in [-0.1, -0.05) is 17.7 Å². The van der Waals surface area contributed by atoms with Crippen molar-refractivity contribution in [2.45, 2.75) is 13.0 Å². The summed E-state index contributed by atoms with van der Waals surface area (Å²) in [7, 11) is 1.58. The molecule has 5 nitrogen and oxygen atoms in total. The van der Waals surface area contributed by atoms with Crippen molar-refractivity contribution in [3.05, 3.63) is 33.3 Å². The highest BCUT2D eigenvalue weighted by Crippen LogP contribution is 2.31. The summed E-state index contributed by atoms with van der Waals surface area (Å²) in [6.07, 6.45) is -0.0455. The number of nitrogens with zero attached hydrogens (tertiary/aromatic N) is 1. The Balaban J connectivity index is 2.88. The van der Waals surface area contributed by atoms with Crippen LogP contribution in [0.2, 0.25) is 5.02 Å². The third-order valence-electron chi connectivity index (χ3n) is 2.16. The number of para-hydroxylation sites is 1. The first-order valence-corrected chi connectivity index (χ1v) is 5.13. The highest BCUT2D eigenvalue weighted by Gasteiger charge is 2.16. The van der Waals surface area contributed by atoms with Crippen molar-refractivity contribution in [1.82, 2.24) is 0 Å². The molecule has 0 aliphatic carbocycles. The van der Waals surface area contributed by atoms with Gasteiger partial charge in [0, 0.05) is 19.7 Å². The van der Waals surface area contributed by atoms with Crippen molar-refractivity contribution in [3.63, 3.8) is 0 Å².